The molecule has 1 aliphatic heterocycles. The van der Waals surface area contributed by atoms with Crippen molar-refractivity contribution in [2.75, 3.05) is 31.1 Å². The van der Waals surface area contributed by atoms with Gasteiger partial charge in [0.15, 0.2) is 4.77 Å². The number of nitrogens with zero attached hydrogens (tertiary/aromatic N) is 7. The molecule has 9 heteroatoms. The first kappa shape index (κ1) is 20.2. The van der Waals surface area contributed by atoms with E-state index in [-0.39, 0.29) is 5.56 Å². The van der Waals surface area contributed by atoms with Crippen LogP contribution in [0.3, 0.4) is 0 Å². The zero-order chi connectivity index (χ0) is 20.9. The number of nitriles is 1. The topological polar surface area (TPSA) is 65.9 Å². The maximum atomic E-state index is 13.9. The van der Waals surface area contributed by atoms with Gasteiger partial charge < -0.3 is 9.47 Å². The summed E-state index contributed by atoms with van der Waals surface area (Å²) in [4.78, 5) is 8.66. The van der Waals surface area contributed by atoms with Crippen LogP contribution in [-0.4, -0.2) is 50.4 Å². The van der Waals surface area contributed by atoms with E-state index in [9.17, 15) is 9.65 Å². The number of aryl methyl sites for hydroxylation is 2. The van der Waals surface area contributed by atoms with Gasteiger partial charge in [0.2, 0.25) is 0 Å². The van der Waals surface area contributed by atoms with Crippen LogP contribution in [-0.2, 0) is 19.6 Å². The number of halogens is 1. The standard InChI is InChI=1S/C21H22FN7S/c22-19-5-3-6-20(18(19)14-23)27-12-10-26(11-13-27)16-29-21(30)28(15-25-29)9-7-17-4-1-2-8-24-17/h1-6,8,15H,7,9-13,16H2. The summed E-state index contributed by atoms with van der Waals surface area (Å²) in [6, 6.07) is 12.6. The quantitative estimate of drug-likeness (QED) is 0.568. The first-order valence-electron chi connectivity index (χ1n) is 9.84. The highest BCUT2D eigenvalue weighted by molar-refractivity contribution is 7.71. The molecule has 7 nitrogen and oxygen atoms in total. The van der Waals surface area contributed by atoms with Crippen LogP contribution in [0.1, 0.15) is 11.3 Å². The molecule has 0 amide bonds. The molecule has 1 aromatic carbocycles. The third-order valence-corrected chi connectivity index (χ3v) is 5.73. The largest absolute Gasteiger partial charge is 0.368 e. The lowest BCUT2D eigenvalue weighted by Crippen LogP contribution is -2.47. The molecule has 0 spiro atoms. The van der Waals surface area contributed by atoms with Crippen molar-refractivity contribution in [3.05, 3.63) is 70.8 Å². The summed E-state index contributed by atoms with van der Waals surface area (Å²) in [5.74, 6) is -0.472. The van der Waals surface area contributed by atoms with Crippen LogP contribution in [0, 0.1) is 21.9 Å². The molecule has 3 heterocycles. The van der Waals surface area contributed by atoms with Gasteiger partial charge in [0.1, 0.15) is 23.8 Å². The van der Waals surface area contributed by atoms with E-state index in [0.717, 1.165) is 31.7 Å². The molecule has 4 rings (SSSR count). The Balaban J connectivity index is 1.35. The Morgan fingerprint density at radius 3 is 2.67 bits per heavy atom. The second kappa shape index (κ2) is 9.15. The molecule has 1 aliphatic rings. The lowest BCUT2D eigenvalue weighted by molar-refractivity contribution is 0.194. The van der Waals surface area contributed by atoms with Crippen LogP contribution in [0.4, 0.5) is 10.1 Å². The first-order valence-corrected chi connectivity index (χ1v) is 10.2. The van der Waals surface area contributed by atoms with Gasteiger partial charge in [0.25, 0.3) is 0 Å². The Morgan fingerprint density at radius 1 is 1.10 bits per heavy atom. The Hall–Kier alpha value is -3.09. The molecule has 154 valence electrons. The Morgan fingerprint density at radius 2 is 1.93 bits per heavy atom. The monoisotopic (exact) mass is 423 g/mol. The van der Waals surface area contributed by atoms with Crippen molar-refractivity contribution in [2.24, 2.45) is 0 Å². The van der Waals surface area contributed by atoms with Gasteiger partial charge in [-0.15, -0.1) is 0 Å². The van der Waals surface area contributed by atoms with Gasteiger partial charge >= 0.3 is 0 Å². The van der Waals surface area contributed by atoms with E-state index < -0.39 is 5.82 Å². The van der Waals surface area contributed by atoms with Gasteiger partial charge in [-0.1, -0.05) is 12.1 Å². The molecular formula is C21H22FN7S. The van der Waals surface area contributed by atoms with E-state index in [2.05, 4.69) is 19.9 Å². The summed E-state index contributed by atoms with van der Waals surface area (Å²) in [7, 11) is 0. The zero-order valence-electron chi connectivity index (χ0n) is 16.5. The number of piperazine rings is 1. The molecular weight excluding hydrogens is 401 g/mol. The lowest BCUT2D eigenvalue weighted by atomic mass is 10.1. The fourth-order valence-corrected chi connectivity index (χ4v) is 3.85. The van der Waals surface area contributed by atoms with Crippen molar-refractivity contribution >= 4 is 17.9 Å². The number of anilines is 1. The maximum Gasteiger partial charge on any atom is 0.198 e. The molecule has 0 bridgehead atoms. The average Bonchev–Trinajstić information content (AvgIpc) is 3.12. The highest BCUT2D eigenvalue weighted by Crippen LogP contribution is 2.23. The molecule has 0 N–H and O–H groups in total. The molecule has 1 saturated heterocycles. The summed E-state index contributed by atoms with van der Waals surface area (Å²) in [5, 5.41) is 13.7. The number of benzene rings is 1. The minimum Gasteiger partial charge on any atom is -0.368 e. The van der Waals surface area contributed by atoms with Gasteiger partial charge in [-0.25, -0.2) is 9.07 Å². The smallest absolute Gasteiger partial charge is 0.198 e. The second-order valence-electron chi connectivity index (χ2n) is 7.17. The van der Waals surface area contributed by atoms with Crippen LogP contribution in [0.5, 0.6) is 0 Å². The van der Waals surface area contributed by atoms with Crippen molar-refractivity contribution in [3.8, 4) is 6.07 Å². The number of pyridine rings is 1. The van der Waals surface area contributed by atoms with Gasteiger partial charge in [-0.2, -0.15) is 10.4 Å². The molecule has 2 aromatic heterocycles. The summed E-state index contributed by atoms with van der Waals surface area (Å²) in [5.41, 5.74) is 1.80. The lowest BCUT2D eigenvalue weighted by Gasteiger charge is -2.36. The minimum absolute atomic E-state index is 0.111. The molecule has 0 unspecified atom stereocenters. The molecule has 30 heavy (non-hydrogen) atoms. The SMILES string of the molecule is N#Cc1c(F)cccc1N1CCN(Cn2ncn(CCc3ccccn3)c2=S)CC1. The third-order valence-electron chi connectivity index (χ3n) is 5.28. The number of hydrogen-bond donors (Lipinski definition) is 0. The Labute approximate surface area is 179 Å². The van der Waals surface area contributed by atoms with Crippen molar-refractivity contribution in [3.63, 3.8) is 0 Å². The maximum absolute atomic E-state index is 13.9. The van der Waals surface area contributed by atoms with Crippen LogP contribution in [0.25, 0.3) is 0 Å². The molecule has 1 fully saturated rings. The molecule has 0 radical (unpaired) electrons. The molecule has 0 atom stereocenters. The van der Waals surface area contributed by atoms with Crippen molar-refractivity contribution in [1.82, 2.24) is 24.2 Å². The highest BCUT2D eigenvalue weighted by atomic mass is 32.1. The Bertz CT molecular complexity index is 1090. The number of rotatable bonds is 6. The van der Waals surface area contributed by atoms with E-state index in [1.165, 1.54) is 6.07 Å². The average molecular weight is 424 g/mol. The second-order valence-corrected chi connectivity index (χ2v) is 7.53. The normalized spacial score (nSPS) is 14.6. The van der Waals surface area contributed by atoms with Crippen LogP contribution in [0.15, 0.2) is 48.9 Å². The third kappa shape index (κ3) is 4.40. The Kier molecular flexibility index (Phi) is 6.16. The fraction of sp³-hybridized carbons (Fsp3) is 0.333. The summed E-state index contributed by atoms with van der Waals surface area (Å²) in [6.07, 6.45) is 4.36. The van der Waals surface area contributed by atoms with Crippen molar-refractivity contribution < 1.29 is 4.39 Å². The van der Waals surface area contributed by atoms with Crippen LogP contribution in [0.2, 0.25) is 0 Å². The van der Waals surface area contributed by atoms with E-state index in [0.29, 0.717) is 30.2 Å². The molecule has 0 aliphatic carbocycles. The van der Waals surface area contributed by atoms with E-state index in [1.54, 1.807) is 24.7 Å². The number of hydrogen-bond acceptors (Lipinski definition) is 6. The molecule has 0 saturated carbocycles. The van der Waals surface area contributed by atoms with Gasteiger partial charge in [0, 0.05) is 51.0 Å². The predicted molar refractivity (Wildman–Crippen MR) is 114 cm³/mol. The minimum atomic E-state index is -0.472. The summed E-state index contributed by atoms with van der Waals surface area (Å²) in [6.45, 7) is 4.34. The van der Waals surface area contributed by atoms with Gasteiger partial charge in [0.05, 0.1) is 12.4 Å². The molecule has 3 aromatic rings. The zero-order valence-corrected chi connectivity index (χ0v) is 17.3. The van der Waals surface area contributed by atoms with Gasteiger partial charge in [-0.3, -0.25) is 9.88 Å². The predicted octanol–water partition coefficient (Wildman–Crippen LogP) is 2.84. The van der Waals surface area contributed by atoms with E-state index in [4.69, 9.17) is 12.2 Å². The highest BCUT2D eigenvalue weighted by Gasteiger charge is 2.21. The van der Waals surface area contributed by atoms with Gasteiger partial charge in [-0.05, 0) is 36.5 Å². The van der Waals surface area contributed by atoms with Crippen LogP contribution < -0.4 is 4.90 Å². The van der Waals surface area contributed by atoms with Crippen molar-refractivity contribution in [1.29, 1.82) is 5.26 Å². The number of aromatic nitrogens is 4. The van der Waals surface area contributed by atoms with Crippen LogP contribution >= 0.6 is 12.2 Å². The van der Waals surface area contributed by atoms with Crippen molar-refractivity contribution in [2.45, 2.75) is 19.6 Å². The van der Waals surface area contributed by atoms with E-state index in [1.807, 2.05) is 33.5 Å². The summed E-state index contributed by atoms with van der Waals surface area (Å²) < 4.78 is 18.4. The fourth-order valence-electron chi connectivity index (χ4n) is 3.61. The summed E-state index contributed by atoms with van der Waals surface area (Å²) >= 11 is 5.58. The first-order chi connectivity index (χ1) is 14.7. The van der Waals surface area contributed by atoms with E-state index >= 15 is 0 Å².